The molecule has 1 aliphatic heterocycles. The molecule has 1 rings (SSSR count). The average molecular weight is 222 g/mol. The largest absolute Gasteiger partial charge is 0.466 e. The van der Waals surface area contributed by atoms with Gasteiger partial charge in [-0.3, -0.25) is 4.79 Å². The second-order valence-corrected chi connectivity index (χ2v) is 3.63. The van der Waals surface area contributed by atoms with E-state index in [1.807, 2.05) is 6.92 Å². The molecule has 1 atom stereocenters. The highest BCUT2D eigenvalue weighted by Crippen LogP contribution is 2.31. The van der Waals surface area contributed by atoms with Crippen LogP contribution in [0.15, 0.2) is 0 Å². The second kappa shape index (κ2) is 6.25. The van der Waals surface area contributed by atoms with Gasteiger partial charge in [-0.1, -0.05) is 6.92 Å². The van der Waals surface area contributed by atoms with Gasteiger partial charge in [0.2, 0.25) is 0 Å². The monoisotopic (exact) mass is 221 g/mol. The van der Waals surface area contributed by atoms with Crippen LogP contribution in [-0.2, 0) is 9.53 Å². The highest BCUT2D eigenvalue weighted by atomic mass is 35.5. The van der Waals surface area contributed by atoms with Crippen LogP contribution in [0.4, 0.5) is 0 Å². The molecule has 0 saturated carbocycles. The molecule has 1 aliphatic rings. The highest BCUT2D eigenvalue weighted by Gasteiger charge is 2.38. The number of hydrogen-bond donors (Lipinski definition) is 1. The van der Waals surface area contributed by atoms with Crippen molar-refractivity contribution in [3.05, 3.63) is 0 Å². The van der Waals surface area contributed by atoms with Gasteiger partial charge >= 0.3 is 5.97 Å². The van der Waals surface area contributed by atoms with E-state index in [-0.39, 0.29) is 23.8 Å². The van der Waals surface area contributed by atoms with Gasteiger partial charge in [0.15, 0.2) is 0 Å². The van der Waals surface area contributed by atoms with Crippen molar-refractivity contribution in [2.24, 2.45) is 5.41 Å². The smallest absolute Gasteiger partial charge is 0.313 e. The van der Waals surface area contributed by atoms with E-state index >= 15 is 0 Å². The lowest BCUT2D eigenvalue weighted by Crippen LogP contribution is -2.46. The molecular weight excluding hydrogens is 202 g/mol. The third-order valence-corrected chi connectivity index (χ3v) is 2.86. The van der Waals surface area contributed by atoms with Gasteiger partial charge in [-0.15, -0.1) is 12.4 Å². The number of ether oxygens (including phenoxy) is 1. The molecule has 14 heavy (non-hydrogen) atoms. The van der Waals surface area contributed by atoms with Crippen LogP contribution in [0.2, 0.25) is 0 Å². The fourth-order valence-electron chi connectivity index (χ4n) is 1.87. The van der Waals surface area contributed by atoms with E-state index in [1.165, 1.54) is 0 Å². The topological polar surface area (TPSA) is 38.3 Å². The van der Waals surface area contributed by atoms with Crippen molar-refractivity contribution in [3.63, 3.8) is 0 Å². The Labute approximate surface area is 92.0 Å². The van der Waals surface area contributed by atoms with Crippen LogP contribution < -0.4 is 5.32 Å². The minimum absolute atomic E-state index is 0. The molecule has 1 N–H and O–H groups in total. The molecule has 1 saturated heterocycles. The van der Waals surface area contributed by atoms with Crippen molar-refractivity contribution in [3.8, 4) is 0 Å². The first-order valence-corrected chi connectivity index (χ1v) is 5.13. The summed E-state index contributed by atoms with van der Waals surface area (Å²) in [6.07, 6.45) is 2.92. The average Bonchev–Trinajstić information content (AvgIpc) is 2.19. The third kappa shape index (κ3) is 2.85. The summed E-state index contributed by atoms with van der Waals surface area (Å²) in [6, 6.07) is 0. The van der Waals surface area contributed by atoms with Gasteiger partial charge in [0.1, 0.15) is 0 Å². The molecule has 0 aromatic carbocycles. The number of halogens is 1. The maximum absolute atomic E-state index is 11.7. The van der Waals surface area contributed by atoms with Crippen LogP contribution in [-0.4, -0.2) is 25.7 Å². The maximum Gasteiger partial charge on any atom is 0.313 e. The first kappa shape index (κ1) is 13.7. The molecular formula is C10H20ClNO2. The number of piperidine rings is 1. The number of hydrogen-bond acceptors (Lipinski definition) is 3. The summed E-state index contributed by atoms with van der Waals surface area (Å²) < 4.78 is 5.10. The Bertz CT molecular complexity index is 179. The van der Waals surface area contributed by atoms with Crippen LogP contribution in [0.5, 0.6) is 0 Å². The molecule has 4 heteroatoms. The van der Waals surface area contributed by atoms with Crippen molar-refractivity contribution in [1.29, 1.82) is 0 Å². The SMILES string of the molecule is CCOC(=O)[C@@]1(CC)CCCNC1.Cl. The zero-order chi connectivity index (χ0) is 9.73. The molecule has 0 aromatic rings. The lowest BCUT2D eigenvalue weighted by atomic mass is 9.78. The number of carbonyl (C=O) groups excluding carboxylic acids is 1. The Morgan fingerprint density at radius 1 is 1.50 bits per heavy atom. The van der Waals surface area contributed by atoms with E-state index in [9.17, 15) is 4.79 Å². The Morgan fingerprint density at radius 3 is 2.64 bits per heavy atom. The van der Waals surface area contributed by atoms with Crippen LogP contribution >= 0.6 is 12.4 Å². The molecule has 1 fully saturated rings. The van der Waals surface area contributed by atoms with Gasteiger partial charge < -0.3 is 10.1 Å². The zero-order valence-corrected chi connectivity index (χ0v) is 9.78. The fourth-order valence-corrected chi connectivity index (χ4v) is 1.87. The summed E-state index contributed by atoms with van der Waals surface area (Å²) in [4.78, 5) is 11.7. The van der Waals surface area contributed by atoms with E-state index in [1.54, 1.807) is 0 Å². The van der Waals surface area contributed by atoms with Gasteiger partial charge in [-0.25, -0.2) is 0 Å². The minimum Gasteiger partial charge on any atom is -0.466 e. The predicted molar refractivity (Wildman–Crippen MR) is 58.7 cm³/mol. The van der Waals surface area contributed by atoms with Crippen LogP contribution in [0.25, 0.3) is 0 Å². The summed E-state index contributed by atoms with van der Waals surface area (Å²) in [5.41, 5.74) is -0.242. The predicted octanol–water partition coefficient (Wildman–Crippen LogP) is 1.75. The van der Waals surface area contributed by atoms with Crippen molar-refractivity contribution in [2.75, 3.05) is 19.7 Å². The van der Waals surface area contributed by atoms with E-state index in [0.29, 0.717) is 6.61 Å². The van der Waals surface area contributed by atoms with Gasteiger partial charge in [0.25, 0.3) is 0 Å². The van der Waals surface area contributed by atoms with E-state index < -0.39 is 0 Å². The molecule has 0 aromatic heterocycles. The second-order valence-electron chi connectivity index (χ2n) is 3.63. The third-order valence-electron chi connectivity index (χ3n) is 2.86. The molecule has 0 unspecified atom stereocenters. The number of esters is 1. The maximum atomic E-state index is 11.7. The molecule has 0 radical (unpaired) electrons. The summed E-state index contributed by atoms with van der Waals surface area (Å²) in [5.74, 6) is -0.0234. The highest BCUT2D eigenvalue weighted by molar-refractivity contribution is 5.85. The van der Waals surface area contributed by atoms with E-state index in [4.69, 9.17) is 4.74 Å². The van der Waals surface area contributed by atoms with Crippen molar-refractivity contribution >= 4 is 18.4 Å². The summed E-state index contributed by atoms with van der Waals surface area (Å²) in [6.45, 7) is 6.21. The molecule has 1 heterocycles. The van der Waals surface area contributed by atoms with Gasteiger partial charge in [0.05, 0.1) is 12.0 Å². The number of nitrogens with one attached hydrogen (secondary N) is 1. The Morgan fingerprint density at radius 2 is 2.21 bits per heavy atom. The first-order valence-electron chi connectivity index (χ1n) is 5.13. The van der Waals surface area contributed by atoms with E-state index in [2.05, 4.69) is 12.2 Å². The van der Waals surface area contributed by atoms with Gasteiger partial charge in [0, 0.05) is 6.54 Å². The zero-order valence-electron chi connectivity index (χ0n) is 8.97. The standard InChI is InChI=1S/C10H19NO2.ClH/c1-3-10(9(12)13-4-2)6-5-7-11-8-10;/h11H,3-8H2,1-2H3;1H/t10-;/m0./s1. The first-order chi connectivity index (χ1) is 6.25. The molecule has 0 bridgehead atoms. The van der Waals surface area contributed by atoms with Crippen LogP contribution in [0, 0.1) is 5.41 Å². The van der Waals surface area contributed by atoms with Crippen molar-refractivity contribution < 1.29 is 9.53 Å². The molecule has 0 aliphatic carbocycles. The van der Waals surface area contributed by atoms with Gasteiger partial charge in [-0.05, 0) is 32.7 Å². The van der Waals surface area contributed by atoms with Gasteiger partial charge in [-0.2, -0.15) is 0 Å². The molecule has 0 amide bonds. The van der Waals surface area contributed by atoms with Crippen molar-refractivity contribution in [2.45, 2.75) is 33.1 Å². The van der Waals surface area contributed by atoms with Crippen molar-refractivity contribution in [1.82, 2.24) is 5.32 Å². The molecule has 84 valence electrons. The molecule has 3 nitrogen and oxygen atoms in total. The number of rotatable bonds is 3. The fraction of sp³-hybridized carbons (Fsp3) is 0.900. The lowest BCUT2D eigenvalue weighted by molar-refractivity contribution is -0.156. The normalized spacial score (nSPS) is 26.4. The number of carbonyl (C=O) groups is 1. The van der Waals surface area contributed by atoms with E-state index in [0.717, 1.165) is 32.4 Å². The van der Waals surface area contributed by atoms with Crippen LogP contribution in [0.1, 0.15) is 33.1 Å². The van der Waals surface area contributed by atoms with Crippen LogP contribution in [0.3, 0.4) is 0 Å². The quantitative estimate of drug-likeness (QED) is 0.738. The Hall–Kier alpha value is -0.280. The summed E-state index contributed by atoms with van der Waals surface area (Å²) >= 11 is 0. The Balaban J connectivity index is 0.00000169. The lowest BCUT2D eigenvalue weighted by Gasteiger charge is -2.34. The molecule has 0 spiro atoms. The minimum atomic E-state index is -0.242. The Kier molecular flexibility index (Phi) is 6.12. The summed E-state index contributed by atoms with van der Waals surface area (Å²) in [5, 5.41) is 3.27. The summed E-state index contributed by atoms with van der Waals surface area (Å²) in [7, 11) is 0.